The first-order chi connectivity index (χ1) is 27.0. The molecule has 0 amide bonds. The quantitative estimate of drug-likeness (QED) is 0.171. The Morgan fingerprint density at radius 2 is 0.964 bits per heavy atom. The maximum absolute atomic E-state index is 6.32. The molecule has 55 heavy (non-hydrogen) atoms. The van der Waals surface area contributed by atoms with Gasteiger partial charge in [-0.05, 0) is 89.0 Å². The summed E-state index contributed by atoms with van der Waals surface area (Å²) in [5, 5.41) is 7.33. The van der Waals surface area contributed by atoms with Gasteiger partial charge in [-0.3, -0.25) is 0 Å². The first-order valence-corrected chi connectivity index (χ1v) is 19.1. The summed E-state index contributed by atoms with van der Waals surface area (Å²) in [6.07, 6.45) is 0. The van der Waals surface area contributed by atoms with Crippen LogP contribution < -0.4 is 4.90 Å². The van der Waals surface area contributed by atoms with Crippen molar-refractivity contribution in [2.24, 2.45) is 0 Å². The third-order valence-corrected chi connectivity index (χ3v) is 12.6. The molecular formula is C51H33N3O. The summed E-state index contributed by atoms with van der Waals surface area (Å²) in [5.74, 6) is 0. The first-order valence-electron chi connectivity index (χ1n) is 19.1. The first kappa shape index (κ1) is 29.4. The minimum Gasteiger partial charge on any atom is -0.456 e. The highest BCUT2D eigenvalue weighted by molar-refractivity contribution is 6.25. The Morgan fingerprint density at radius 3 is 1.75 bits per heavy atom. The van der Waals surface area contributed by atoms with E-state index in [1.54, 1.807) is 0 Å². The Labute approximate surface area is 316 Å². The van der Waals surface area contributed by atoms with E-state index in [2.05, 4.69) is 185 Å². The van der Waals surface area contributed by atoms with E-state index in [9.17, 15) is 0 Å². The van der Waals surface area contributed by atoms with Gasteiger partial charge in [-0.15, -0.1) is 0 Å². The van der Waals surface area contributed by atoms with Gasteiger partial charge in [-0.1, -0.05) is 111 Å². The van der Waals surface area contributed by atoms with Crippen molar-refractivity contribution in [2.45, 2.75) is 19.3 Å². The average Bonchev–Trinajstić information content (AvgIpc) is 3.94. The zero-order valence-electron chi connectivity index (χ0n) is 30.3. The smallest absolute Gasteiger partial charge is 0.135 e. The lowest BCUT2D eigenvalue weighted by Crippen LogP contribution is -2.15. The van der Waals surface area contributed by atoms with Gasteiger partial charge < -0.3 is 18.1 Å². The lowest BCUT2D eigenvalue weighted by Gasteiger charge is -2.27. The van der Waals surface area contributed by atoms with E-state index in [-0.39, 0.29) is 5.41 Å². The second kappa shape index (κ2) is 10.1. The Kier molecular flexibility index (Phi) is 5.42. The number of anilines is 3. The topological polar surface area (TPSA) is 25.2 Å². The molecule has 4 aromatic heterocycles. The van der Waals surface area contributed by atoms with Crippen LogP contribution in [0.3, 0.4) is 0 Å². The van der Waals surface area contributed by atoms with Crippen LogP contribution in [0.15, 0.2) is 168 Å². The number of aromatic nitrogens is 2. The van der Waals surface area contributed by atoms with Crippen LogP contribution >= 0.6 is 0 Å². The summed E-state index contributed by atoms with van der Waals surface area (Å²) < 4.78 is 11.3. The summed E-state index contributed by atoms with van der Waals surface area (Å²) in [5.41, 5.74) is 17.7. The van der Waals surface area contributed by atoms with Crippen molar-refractivity contribution in [2.75, 3.05) is 4.90 Å². The molecule has 0 bridgehead atoms. The Morgan fingerprint density at radius 1 is 0.400 bits per heavy atom. The van der Waals surface area contributed by atoms with Gasteiger partial charge in [0.15, 0.2) is 0 Å². The van der Waals surface area contributed by atoms with E-state index in [1.807, 2.05) is 6.07 Å². The number of nitrogens with zero attached hydrogens (tertiary/aromatic N) is 3. The monoisotopic (exact) mass is 703 g/mol. The fraction of sp³-hybridized carbons (Fsp3) is 0.0588. The molecule has 0 atom stereocenters. The van der Waals surface area contributed by atoms with Crippen LogP contribution in [0.5, 0.6) is 0 Å². The SMILES string of the molecule is CC1(C)c2ccccc2-c2cc(N(c3ccc4oc5ccccc5c4c3)c3ccc4c(c3)n3c5ccccc5c5ccc6c7ccccc7n4c6c53)ccc21. The highest BCUT2D eigenvalue weighted by Crippen LogP contribution is 2.51. The highest BCUT2D eigenvalue weighted by Gasteiger charge is 2.35. The third kappa shape index (κ3) is 3.66. The fourth-order valence-electron chi connectivity index (χ4n) is 10.2. The van der Waals surface area contributed by atoms with Gasteiger partial charge in [0.2, 0.25) is 0 Å². The van der Waals surface area contributed by atoms with Crippen LogP contribution in [0.2, 0.25) is 0 Å². The molecule has 4 heterocycles. The summed E-state index contributed by atoms with van der Waals surface area (Å²) in [6.45, 7) is 4.69. The second-order valence-corrected chi connectivity index (χ2v) is 15.8. The van der Waals surface area contributed by atoms with Crippen molar-refractivity contribution in [3.05, 3.63) is 175 Å². The van der Waals surface area contributed by atoms with Crippen LogP contribution in [-0.2, 0) is 5.41 Å². The molecule has 4 heteroatoms. The molecule has 12 aromatic rings. The molecule has 1 aliphatic rings. The number of rotatable bonds is 3. The zero-order valence-corrected chi connectivity index (χ0v) is 30.3. The van der Waals surface area contributed by atoms with Crippen LogP contribution in [0.25, 0.3) is 87.7 Å². The molecule has 0 radical (unpaired) electrons. The van der Waals surface area contributed by atoms with Gasteiger partial charge in [0.25, 0.3) is 0 Å². The summed E-state index contributed by atoms with van der Waals surface area (Å²) in [4.78, 5) is 2.43. The van der Waals surface area contributed by atoms with Crippen molar-refractivity contribution in [3.63, 3.8) is 0 Å². The van der Waals surface area contributed by atoms with Gasteiger partial charge in [-0.25, -0.2) is 0 Å². The summed E-state index contributed by atoms with van der Waals surface area (Å²) in [7, 11) is 0. The van der Waals surface area contributed by atoms with E-state index in [0.29, 0.717) is 0 Å². The number of benzene rings is 8. The lowest BCUT2D eigenvalue weighted by molar-refractivity contribution is 0.660. The zero-order chi connectivity index (χ0) is 36.2. The molecule has 8 aromatic carbocycles. The third-order valence-electron chi connectivity index (χ3n) is 12.6. The van der Waals surface area contributed by atoms with E-state index in [0.717, 1.165) is 44.5 Å². The van der Waals surface area contributed by atoms with Crippen LogP contribution in [0.4, 0.5) is 17.1 Å². The van der Waals surface area contributed by atoms with Crippen LogP contribution in [-0.4, -0.2) is 8.80 Å². The van der Waals surface area contributed by atoms with Crippen molar-refractivity contribution in [1.82, 2.24) is 8.80 Å². The average molecular weight is 704 g/mol. The number of fused-ring (bicyclic) bond motifs is 15. The molecule has 0 spiro atoms. The molecule has 0 N–H and O–H groups in total. The van der Waals surface area contributed by atoms with E-state index in [1.165, 1.54) is 71.4 Å². The number of hydrogen-bond acceptors (Lipinski definition) is 2. The minimum absolute atomic E-state index is 0.0746. The molecular weight excluding hydrogens is 671 g/mol. The van der Waals surface area contributed by atoms with E-state index >= 15 is 0 Å². The highest BCUT2D eigenvalue weighted by atomic mass is 16.3. The number of furan rings is 1. The molecule has 13 rings (SSSR count). The van der Waals surface area contributed by atoms with E-state index < -0.39 is 0 Å². The maximum Gasteiger partial charge on any atom is 0.135 e. The predicted octanol–water partition coefficient (Wildman–Crippen LogP) is 13.9. The molecule has 0 saturated carbocycles. The van der Waals surface area contributed by atoms with Crippen LogP contribution in [0, 0.1) is 0 Å². The molecule has 0 unspecified atom stereocenters. The molecule has 258 valence electrons. The number of para-hydroxylation sites is 3. The Bertz CT molecular complexity index is 3590. The van der Waals surface area contributed by atoms with Gasteiger partial charge >= 0.3 is 0 Å². The normalized spacial score (nSPS) is 13.8. The maximum atomic E-state index is 6.32. The largest absolute Gasteiger partial charge is 0.456 e. The lowest BCUT2D eigenvalue weighted by atomic mass is 9.82. The Balaban J connectivity index is 1.15. The fourth-order valence-corrected chi connectivity index (χ4v) is 10.2. The standard InChI is InChI=1S/C51H33N3O/c1-51(2)41-15-7-3-11-33(41)39-27-30(19-24-42(39)51)52(31-21-26-48-40(28-31)36-14-6-10-18-47(36)55-48)32-20-25-45-46(29-32)54-44-17-9-5-13-35(44)38-23-22-37-34-12-4-8-16-43(34)53(45)49(37)50(38)54/h3-29H,1-2H3. The van der Waals surface area contributed by atoms with Crippen molar-refractivity contribution in [1.29, 1.82) is 0 Å². The van der Waals surface area contributed by atoms with Crippen molar-refractivity contribution < 1.29 is 4.42 Å². The van der Waals surface area contributed by atoms with Gasteiger partial charge in [-0.2, -0.15) is 0 Å². The summed E-state index contributed by atoms with van der Waals surface area (Å²) in [6, 6.07) is 60.3. The van der Waals surface area contributed by atoms with Crippen molar-refractivity contribution in [3.8, 4) is 11.1 Å². The molecule has 1 aliphatic carbocycles. The van der Waals surface area contributed by atoms with Gasteiger partial charge in [0.05, 0.1) is 33.1 Å². The minimum atomic E-state index is -0.0746. The van der Waals surface area contributed by atoms with Gasteiger partial charge in [0.1, 0.15) is 11.2 Å². The van der Waals surface area contributed by atoms with Gasteiger partial charge in [0, 0.05) is 54.8 Å². The molecule has 4 nitrogen and oxygen atoms in total. The van der Waals surface area contributed by atoms with E-state index in [4.69, 9.17) is 4.42 Å². The summed E-state index contributed by atoms with van der Waals surface area (Å²) >= 11 is 0. The molecule has 0 fully saturated rings. The predicted molar refractivity (Wildman–Crippen MR) is 229 cm³/mol. The Hall–Kier alpha value is -7.04. The number of hydrogen-bond donors (Lipinski definition) is 0. The molecule has 0 saturated heterocycles. The molecule has 0 aliphatic heterocycles. The van der Waals surface area contributed by atoms with Crippen LogP contribution in [0.1, 0.15) is 25.0 Å². The second-order valence-electron chi connectivity index (χ2n) is 15.8. The van der Waals surface area contributed by atoms with Crippen molar-refractivity contribution >= 4 is 93.6 Å².